The molecule has 0 amide bonds. The van der Waals surface area contributed by atoms with E-state index in [0.29, 0.717) is 11.4 Å². The summed E-state index contributed by atoms with van der Waals surface area (Å²) < 4.78 is 27.2. The number of benzene rings is 1. The Morgan fingerprint density at radius 2 is 2.11 bits per heavy atom. The standard InChI is InChI=1S/C14H22N2O2S/c1-3-14(7-8-14)10-16-19(17,18)13-6-4-5-12(9-13)11(2)15/h4-6,9,11,16H,3,7-8,10,15H2,1-2H3. The van der Waals surface area contributed by atoms with Gasteiger partial charge in [-0.15, -0.1) is 0 Å². The quantitative estimate of drug-likeness (QED) is 0.840. The van der Waals surface area contributed by atoms with E-state index in [1.54, 1.807) is 18.2 Å². The topological polar surface area (TPSA) is 72.2 Å². The van der Waals surface area contributed by atoms with Crippen LogP contribution in [0.2, 0.25) is 0 Å². The zero-order valence-electron chi connectivity index (χ0n) is 11.5. The highest BCUT2D eigenvalue weighted by Gasteiger charge is 2.41. The first kappa shape index (κ1) is 14.5. The van der Waals surface area contributed by atoms with Crippen LogP contribution in [-0.4, -0.2) is 15.0 Å². The van der Waals surface area contributed by atoms with E-state index in [1.165, 1.54) is 0 Å². The number of nitrogens with one attached hydrogen (secondary N) is 1. The van der Waals surface area contributed by atoms with Gasteiger partial charge in [-0.2, -0.15) is 0 Å². The van der Waals surface area contributed by atoms with Gasteiger partial charge in [0.25, 0.3) is 0 Å². The third kappa shape index (κ3) is 3.35. The molecular weight excluding hydrogens is 260 g/mol. The molecule has 1 aromatic carbocycles. The summed E-state index contributed by atoms with van der Waals surface area (Å²) in [6.45, 7) is 4.49. The lowest BCUT2D eigenvalue weighted by Crippen LogP contribution is -2.30. The van der Waals surface area contributed by atoms with E-state index >= 15 is 0 Å². The second-order valence-electron chi connectivity index (χ2n) is 5.54. The van der Waals surface area contributed by atoms with Crippen molar-refractivity contribution in [2.45, 2.75) is 44.0 Å². The lowest BCUT2D eigenvalue weighted by Gasteiger charge is -2.14. The molecule has 0 radical (unpaired) electrons. The van der Waals surface area contributed by atoms with Crippen molar-refractivity contribution in [2.24, 2.45) is 11.1 Å². The first-order valence-electron chi connectivity index (χ1n) is 6.74. The zero-order chi connectivity index (χ0) is 14.1. The molecule has 0 aromatic heterocycles. The van der Waals surface area contributed by atoms with Gasteiger partial charge in [-0.3, -0.25) is 0 Å². The Labute approximate surface area is 115 Å². The molecule has 1 aliphatic rings. The van der Waals surface area contributed by atoms with Gasteiger partial charge in [0.2, 0.25) is 10.0 Å². The number of sulfonamides is 1. The monoisotopic (exact) mass is 282 g/mol. The largest absolute Gasteiger partial charge is 0.324 e. The molecule has 5 heteroatoms. The van der Waals surface area contributed by atoms with E-state index in [2.05, 4.69) is 11.6 Å². The molecule has 1 aromatic rings. The highest BCUT2D eigenvalue weighted by molar-refractivity contribution is 7.89. The molecule has 1 unspecified atom stereocenters. The second-order valence-corrected chi connectivity index (χ2v) is 7.31. The van der Waals surface area contributed by atoms with Crippen LogP contribution in [0.3, 0.4) is 0 Å². The molecule has 4 nitrogen and oxygen atoms in total. The Kier molecular flexibility index (Phi) is 3.99. The minimum atomic E-state index is -3.43. The summed E-state index contributed by atoms with van der Waals surface area (Å²) >= 11 is 0. The van der Waals surface area contributed by atoms with Crippen LogP contribution in [0.1, 0.15) is 44.7 Å². The lowest BCUT2D eigenvalue weighted by molar-refractivity contribution is 0.475. The number of hydrogen-bond acceptors (Lipinski definition) is 3. The van der Waals surface area contributed by atoms with E-state index in [1.807, 2.05) is 13.0 Å². The van der Waals surface area contributed by atoms with Gasteiger partial charge < -0.3 is 5.73 Å². The maximum atomic E-state index is 12.2. The van der Waals surface area contributed by atoms with E-state index in [9.17, 15) is 8.42 Å². The summed E-state index contributed by atoms with van der Waals surface area (Å²) in [7, 11) is -3.43. The van der Waals surface area contributed by atoms with Crippen LogP contribution >= 0.6 is 0 Å². The van der Waals surface area contributed by atoms with Crippen LogP contribution < -0.4 is 10.5 Å². The number of rotatable bonds is 6. The van der Waals surface area contributed by atoms with Crippen LogP contribution in [0, 0.1) is 5.41 Å². The van der Waals surface area contributed by atoms with E-state index < -0.39 is 10.0 Å². The minimum absolute atomic E-state index is 0.166. The fraction of sp³-hybridized carbons (Fsp3) is 0.571. The Balaban J connectivity index is 2.13. The first-order chi connectivity index (χ1) is 8.88. The van der Waals surface area contributed by atoms with Gasteiger partial charge in [0, 0.05) is 12.6 Å². The zero-order valence-corrected chi connectivity index (χ0v) is 12.3. The summed E-state index contributed by atoms with van der Waals surface area (Å²) in [4.78, 5) is 0.300. The predicted octanol–water partition coefficient (Wildman–Crippen LogP) is 2.17. The Morgan fingerprint density at radius 1 is 1.42 bits per heavy atom. The van der Waals surface area contributed by atoms with Gasteiger partial charge in [0.1, 0.15) is 0 Å². The highest BCUT2D eigenvalue weighted by atomic mass is 32.2. The van der Waals surface area contributed by atoms with Crippen molar-refractivity contribution in [3.05, 3.63) is 29.8 Å². The molecule has 0 spiro atoms. The Hall–Kier alpha value is -0.910. The van der Waals surface area contributed by atoms with Gasteiger partial charge in [-0.05, 0) is 49.3 Å². The molecule has 1 aliphatic carbocycles. The van der Waals surface area contributed by atoms with Crippen molar-refractivity contribution in [3.63, 3.8) is 0 Å². The summed E-state index contributed by atoms with van der Waals surface area (Å²) in [5.41, 5.74) is 6.82. The van der Waals surface area contributed by atoms with Crippen molar-refractivity contribution >= 4 is 10.0 Å². The number of nitrogens with two attached hydrogens (primary N) is 1. The molecule has 0 aliphatic heterocycles. The molecule has 2 rings (SSSR count). The Morgan fingerprint density at radius 3 is 2.63 bits per heavy atom. The van der Waals surface area contributed by atoms with Crippen LogP contribution in [0.15, 0.2) is 29.2 Å². The smallest absolute Gasteiger partial charge is 0.240 e. The second kappa shape index (κ2) is 5.23. The maximum Gasteiger partial charge on any atom is 0.240 e. The fourth-order valence-electron chi connectivity index (χ4n) is 2.13. The molecule has 3 N–H and O–H groups in total. The van der Waals surface area contributed by atoms with Crippen LogP contribution in [0.25, 0.3) is 0 Å². The van der Waals surface area contributed by atoms with Crippen molar-refractivity contribution < 1.29 is 8.42 Å². The van der Waals surface area contributed by atoms with Crippen LogP contribution in [0.4, 0.5) is 0 Å². The molecule has 0 saturated heterocycles. The average molecular weight is 282 g/mol. The molecule has 0 heterocycles. The van der Waals surface area contributed by atoms with E-state index in [-0.39, 0.29) is 11.5 Å². The molecule has 19 heavy (non-hydrogen) atoms. The van der Waals surface area contributed by atoms with Crippen molar-refractivity contribution in [1.82, 2.24) is 4.72 Å². The van der Waals surface area contributed by atoms with Crippen LogP contribution in [0.5, 0.6) is 0 Å². The average Bonchev–Trinajstić information content (AvgIpc) is 3.17. The normalized spacial score (nSPS) is 19.1. The molecular formula is C14H22N2O2S. The van der Waals surface area contributed by atoms with Crippen molar-refractivity contribution in [1.29, 1.82) is 0 Å². The van der Waals surface area contributed by atoms with Gasteiger partial charge in [0.15, 0.2) is 0 Å². The van der Waals surface area contributed by atoms with Gasteiger partial charge >= 0.3 is 0 Å². The van der Waals surface area contributed by atoms with E-state index in [4.69, 9.17) is 5.73 Å². The van der Waals surface area contributed by atoms with E-state index in [0.717, 1.165) is 24.8 Å². The first-order valence-corrected chi connectivity index (χ1v) is 8.22. The van der Waals surface area contributed by atoms with Gasteiger partial charge in [-0.25, -0.2) is 13.1 Å². The Bertz CT molecular complexity index is 548. The molecule has 0 bridgehead atoms. The van der Waals surface area contributed by atoms with Gasteiger partial charge in [-0.1, -0.05) is 19.1 Å². The van der Waals surface area contributed by atoms with Crippen molar-refractivity contribution in [3.8, 4) is 0 Å². The third-order valence-electron chi connectivity index (χ3n) is 4.04. The highest BCUT2D eigenvalue weighted by Crippen LogP contribution is 2.48. The summed E-state index contributed by atoms with van der Waals surface area (Å²) in [5, 5.41) is 0. The maximum absolute atomic E-state index is 12.2. The minimum Gasteiger partial charge on any atom is -0.324 e. The molecule has 1 fully saturated rings. The summed E-state index contributed by atoms with van der Waals surface area (Å²) in [6, 6.07) is 6.68. The number of hydrogen-bond donors (Lipinski definition) is 2. The fourth-order valence-corrected chi connectivity index (χ4v) is 3.34. The summed E-state index contributed by atoms with van der Waals surface area (Å²) in [6.07, 6.45) is 3.26. The molecule has 106 valence electrons. The SMILES string of the molecule is CCC1(CNS(=O)(=O)c2cccc(C(C)N)c2)CC1. The molecule has 1 saturated carbocycles. The molecule has 1 atom stereocenters. The lowest BCUT2D eigenvalue weighted by atomic mass is 10.1. The third-order valence-corrected chi connectivity index (χ3v) is 5.44. The van der Waals surface area contributed by atoms with Crippen LogP contribution in [-0.2, 0) is 10.0 Å². The summed E-state index contributed by atoms with van der Waals surface area (Å²) in [5.74, 6) is 0. The predicted molar refractivity (Wildman–Crippen MR) is 76.2 cm³/mol. The van der Waals surface area contributed by atoms with Crippen molar-refractivity contribution in [2.75, 3.05) is 6.54 Å². The van der Waals surface area contributed by atoms with Gasteiger partial charge in [0.05, 0.1) is 4.90 Å².